The summed E-state index contributed by atoms with van der Waals surface area (Å²) in [6, 6.07) is 4.23. The molecule has 0 spiro atoms. The second-order valence-electron chi connectivity index (χ2n) is 3.80. The molecule has 1 N–H and O–H groups in total. The molecule has 0 bridgehead atoms. The molecule has 0 saturated carbocycles. The molecule has 1 aromatic carbocycles. The molecule has 16 heavy (non-hydrogen) atoms. The fraction of sp³-hybridized carbons (Fsp3) is 0.417. The van der Waals surface area contributed by atoms with Gasteiger partial charge in [-0.25, -0.2) is 4.39 Å². The van der Waals surface area contributed by atoms with E-state index in [0.717, 1.165) is 12.8 Å². The Hall–Kier alpha value is -0.900. The second kappa shape index (κ2) is 5.99. The Morgan fingerprint density at radius 3 is 2.88 bits per heavy atom. The molecule has 0 aliphatic heterocycles. The maximum atomic E-state index is 13.0. The topological polar surface area (TPSA) is 29.1 Å². The van der Waals surface area contributed by atoms with Crippen molar-refractivity contribution >= 4 is 27.5 Å². The third-order valence-corrected chi connectivity index (χ3v) is 3.05. The maximum Gasteiger partial charge on any atom is 0.227 e. The molecule has 0 fully saturated rings. The molecule has 0 aromatic heterocycles. The van der Waals surface area contributed by atoms with Crippen LogP contribution in [0.25, 0.3) is 0 Å². The molecule has 1 rings (SSSR count). The van der Waals surface area contributed by atoms with Gasteiger partial charge >= 0.3 is 0 Å². The molecule has 0 aliphatic carbocycles. The van der Waals surface area contributed by atoms with Crippen molar-refractivity contribution in [1.29, 1.82) is 0 Å². The number of halogens is 2. The van der Waals surface area contributed by atoms with Crippen molar-refractivity contribution in [2.24, 2.45) is 5.92 Å². The Morgan fingerprint density at radius 2 is 2.25 bits per heavy atom. The SMILES string of the molecule is CCCC(C)C(=O)Nc1cc(F)ccc1Br. The molecule has 1 unspecified atom stereocenters. The normalized spacial score (nSPS) is 12.2. The van der Waals surface area contributed by atoms with E-state index in [9.17, 15) is 9.18 Å². The standard InChI is InChI=1S/C12H15BrFNO/c1-3-4-8(2)12(16)15-11-7-9(14)5-6-10(11)13/h5-8H,3-4H2,1-2H3,(H,15,16). The van der Waals surface area contributed by atoms with Crippen LogP contribution < -0.4 is 5.32 Å². The summed E-state index contributed by atoms with van der Waals surface area (Å²) in [4.78, 5) is 11.7. The lowest BCUT2D eigenvalue weighted by Crippen LogP contribution is -2.20. The maximum absolute atomic E-state index is 13.0. The van der Waals surface area contributed by atoms with Crippen LogP contribution in [0.5, 0.6) is 0 Å². The molecule has 88 valence electrons. The third-order valence-electron chi connectivity index (χ3n) is 2.36. The number of carbonyl (C=O) groups excluding carboxylic acids is 1. The first kappa shape index (κ1) is 13.2. The molecule has 0 saturated heterocycles. The smallest absolute Gasteiger partial charge is 0.227 e. The Bertz CT molecular complexity index is 381. The molecule has 0 radical (unpaired) electrons. The lowest BCUT2D eigenvalue weighted by Gasteiger charge is -2.12. The Balaban J connectivity index is 2.72. The molecule has 2 nitrogen and oxygen atoms in total. The van der Waals surface area contributed by atoms with Crippen LogP contribution in [0.3, 0.4) is 0 Å². The molecular formula is C12H15BrFNO. The minimum Gasteiger partial charge on any atom is -0.325 e. The van der Waals surface area contributed by atoms with Crippen LogP contribution in [0.2, 0.25) is 0 Å². The van der Waals surface area contributed by atoms with Gasteiger partial charge in [0.2, 0.25) is 5.91 Å². The average molecular weight is 288 g/mol. The van der Waals surface area contributed by atoms with Crippen molar-refractivity contribution in [2.45, 2.75) is 26.7 Å². The van der Waals surface area contributed by atoms with E-state index in [1.54, 1.807) is 6.07 Å². The number of hydrogen-bond acceptors (Lipinski definition) is 1. The van der Waals surface area contributed by atoms with E-state index in [-0.39, 0.29) is 17.6 Å². The monoisotopic (exact) mass is 287 g/mol. The summed E-state index contributed by atoms with van der Waals surface area (Å²) in [6.45, 7) is 3.90. The minimum absolute atomic E-state index is 0.0554. The van der Waals surface area contributed by atoms with Gasteiger partial charge in [0, 0.05) is 10.4 Å². The third kappa shape index (κ3) is 3.59. The van der Waals surface area contributed by atoms with Crippen LogP contribution in [-0.4, -0.2) is 5.91 Å². The highest BCUT2D eigenvalue weighted by Gasteiger charge is 2.13. The van der Waals surface area contributed by atoms with Crippen LogP contribution in [0.15, 0.2) is 22.7 Å². The van der Waals surface area contributed by atoms with E-state index in [1.165, 1.54) is 12.1 Å². The van der Waals surface area contributed by atoms with Crippen LogP contribution in [0, 0.1) is 11.7 Å². The van der Waals surface area contributed by atoms with Crippen molar-refractivity contribution < 1.29 is 9.18 Å². The quantitative estimate of drug-likeness (QED) is 0.892. The fourth-order valence-electron chi connectivity index (χ4n) is 1.41. The van der Waals surface area contributed by atoms with Gasteiger partial charge in [0.15, 0.2) is 0 Å². The predicted molar refractivity (Wildman–Crippen MR) is 66.8 cm³/mol. The Morgan fingerprint density at radius 1 is 1.56 bits per heavy atom. The molecule has 4 heteroatoms. The van der Waals surface area contributed by atoms with Crippen LogP contribution >= 0.6 is 15.9 Å². The van der Waals surface area contributed by atoms with Gasteiger partial charge in [0.25, 0.3) is 0 Å². The van der Waals surface area contributed by atoms with Crippen LogP contribution in [-0.2, 0) is 4.79 Å². The number of rotatable bonds is 4. The van der Waals surface area contributed by atoms with Gasteiger partial charge < -0.3 is 5.32 Å². The van der Waals surface area contributed by atoms with Crippen LogP contribution in [0.4, 0.5) is 10.1 Å². The zero-order chi connectivity index (χ0) is 12.1. The van der Waals surface area contributed by atoms with Crippen molar-refractivity contribution in [2.75, 3.05) is 5.32 Å². The van der Waals surface area contributed by atoms with Gasteiger partial charge in [-0.15, -0.1) is 0 Å². The summed E-state index contributed by atoms with van der Waals surface area (Å²) in [5.74, 6) is -0.491. The summed E-state index contributed by atoms with van der Waals surface area (Å²) < 4.78 is 13.7. The van der Waals surface area contributed by atoms with Gasteiger partial charge in [0.1, 0.15) is 5.82 Å². The van der Waals surface area contributed by atoms with Gasteiger partial charge in [-0.05, 0) is 40.5 Å². The molecule has 1 amide bonds. The highest BCUT2D eigenvalue weighted by Crippen LogP contribution is 2.23. The van der Waals surface area contributed by atoms with Gasteiger partial charge in [-0.3, -0.25) is 4.79 Å². The Kier molecular flexibility index (Phi) is 4.93. The summed E-state index contributed by atoms with van der Waals surface area (Å²) in [6.07, 6.45) is 1.79. The number of amides is 1. The highest BCUT2D eigenvalue weighted by molar-refractivity contribution is 9.10. The fourth-order valence-corrected chi connectivity index (χ4v) is 1.76. The highest BCUT2D eigenvalue weighted by atomic mass is 79.9. The van der Waals surface area contributed by atoms with E-state index in [2.05, 4.69) is 21.2 Å². The number of anilines is 1. The number of nitrogens with one attached hydrogen (secondary N) is 1. The number of hydrogen-bond donors (Lipinski definition) is 1. The van der Waals surface area contributed by atoms with Crippen molar-refractivity contribution in [1.82, 2.24) is 0 Å². The molecular weight excluding hydrogens is 273 g/mol. The van der Waals surface area contributed by atoms with Crippen molar-refractivity contribution in [3.63, 3.8) is 0 Å². The summed E-state index contributed by atoms with van der Waals surface area (Å²) in [5.41, 5.74) is 0.480. The largest absolute Gasteiger partial charge is 0.325 e. The molecule has 1 aromatic rings. The first-order valence-electron chi connectivity index (χ1n) is 5.30. The van der Waals surface area contributed by atoms with E-state index in [1.807, 2.05) is 13.8 Å². The molecule has 1 atom stereocenters. The predicted octanol–water partition coefficient (Wildman–Crippen LogP) is 3.96. The Labute approximate surface area is 103 Å². The lowest BCUT2D eigenvalue weighted by molar-refractivity contribution is -0.119. The zero-order valence-electron chi connectivity index (χ0n) is 9.39. The van der Waals surface area contributed by atoms with E-state index >= 15 is 0 Å². The average Bonchev–Trinajstić information content (AvgIpc) is 2.23. The van der Waals surface area contributed by atoms with Crippen LogP contribution in [0.1, 0.15) is 26.7 Å². The van der Waals surface area contributed by atoms with Gasteiger partial charge in [-0.1, -0.05) is 20.3 Å². The van der Waals surface area contributed by atoms with Crippen molar-refractivity contribution in [3.8, 4) is 0 Å². The molecule has 0 heterocycles. The van der Waals surface area contributed by atoms with E-state index < -0.39 is 0 Å². The first-order chi connectivity index (χ1) is 7.54. The van der Waals surface area contributed by atoms with E-state index in [0.29, 0.717) is 10.2 Å². The molecule has 0 aliphatic rings. The summed E-state index contributed by atoms with van der Waals surface area (Å²) in [5, 5.41) is 2.71. The van der Waals surface area contributed by atoms with Crippen molar-refractivity contribution in [3.05, 3.63) is 28.5 Å². The number of carbonyl (C=O) groups is 1. The summed E-state index contributed by atoms with van der Waals surface area (Å²) >= 11 is 3.27. The zero-order valence-corrected chi connectivity index (χ0v) is 11.0. The number of benzene rings is 1. The van der Waals surface area contributed by atoms with Gasteiger partial charge in [0.05, 0.1) is 5.69 Å². The lowest BCUT2D eigenvalue weighted by atomic mass is 10.1. The van der Waals surface area contributed by atoms with E-state index in [4.69, 9.17) is 0 Å². The minimum atomic E-state index is -0.360. The first-order valence-corrected chi connectivity index (χ1v) is 6.09. The second-order valence-corrected chi connectivity index (χ2v) is 4.66. The summed E-state index contributed by atoms with van der Waals surface area (Å²) in [7, 11) is 0. The van der Waals surface area contributed by atoms with Gasteiger partial charge in [-0.2, -0.15) is 0 Å².